The van der Waals surface area contributed by atoms with Gasteiger partial charge in [-0.3, -0.25) is 9.69 Å². The van der Waals surface area contributed by atoms with Crippen molar-refractivity contribution in [2.75, 3.05) is 13.1 Å². The van der Waals surface area contributed by atoms with E-state index in [-0.39, 0.29) is 6.04 Å². The summed E-state index contributed by atoms with van der Waals surface area (Å²) in [6.45, 7) is 4.07. The Kier molecular flexibility index (Phi) is 3.85. The zero-order valence-electron chi connectivity index (χ0n) is 10.2. The van der Waals surface area contributed by atoms with Crippen molar-refractivity contribution in [2.45, 2.75) is 51.5 Å². The minimum atomic E-state index is -0.624. The largest absolute Gasteiger partial charge is 0.480 e. The predicted molar refractivity (Wildman–Crippen MR) is 63.4 cm³/mol. The van der Waals surface area contributed by atoms with Crippen LogP contribution in [-0.2, 0) is 4.79 Å². The van der Waals surface area contributed by atoms with Crippen molar-refractivity contribution in [3.8, 4) is 0 Å². The fourth-order valence-electron chi connectivity index (χ4n) is 3.33. The van der Waals surface area contributed by atoms with E-state index in [0.29, 0.717) is 5.92 Å². The van der Waals surface area contributed by atoms with Crippen LogP contribution >= 0.6 is 0 Å². The van der Waals surface area contributed by atoms with E-state index in [1.807, 2.05) is 0 Å². The fraction of sp³-hybridized carbons (Fsp3) is 0.923. The number of carboxylic acid groups (broad SMARTS) is 1. The van der Waals surface area contributed by atoms with E-state index in [1.54, 1.807) is 0 Å². The molecule has 2 fully saturated rings. The number of hydrogen-bond acceptors (Lipinski definition) is 2. The van der Waals surface area contributed by atoms with Crippen LogP contribution in [0.4, 0.5) is 0 Å². The molecule has 0 aromatic carbocycles. The summed E-state index contributed by atoms with van der Waals surface area (Å²) >= 11 is 0. The average Bonchev–Trinajstić information content (AvgIpc) is 2.61. The number of carboxylic acids is 1. The van der Waals surface area contributed by atoms with Crippen molar-refractivity contribution in [3.63, 3.8) is 0 Å². The van der Waals surface area contributed by atoms with E-state index in [9.17, 15) is 9.90 Å². The molecule has 0 amide bonds. The molecule has 3 nitrogen and oxygen atoms in total. The molecule has 1 heterocycles. The van der Waals surface area contributed by atoms with E-state index in [4.69, 9.17) is 0 Å². The van der Waals surface area contributed by atoms with Gasteiger partial charge in [0.1, 0.15) is 6.04 Å². The van der Waals surface area contributed by atoms with Gasteiger partial charge in [-0.25, -0.2) is 0 Å². The topological polar surface area (TPSA) is 40.5 Å². The van der Waals surface area contributed by atoms with Crippen molar-refractivity contribution in [1.82, 2.24) is 4.90 Å². The molecule has 0 bridgehead atoms. The highest BCUT2D eigenvalue weighted by Gasteiger charge is 2.37. The van der Waals surface area contributed by atoms with Crippen molar-refractivity contribution >= 4 is 5.97 Å². The maximum atomic E-state index is 11.2. The molecule has 2 unspecified atom stereocenters. The van der Waals surface area contributed by atoms with E-state index in [1.165, 1.54) is 32.1 Å². The number of rotatable bonds is 3. The molecule has 3 heteroatoms. The Bertz CT molecular complexity index is 248. The zero-order valence-corrected chi connectivity index (χ0v) is 10.2. The molecule has 1 aliphatic carbocycles. The monoisotopic (exact) mass is 225 g/mol. The quantitative estimate of drug-likeness (QED) is 0.801. The molecule has 16 heavy (non-hydrogen) atoms. The summed E-state index contributed by atoms with van der Waals surface area (Å²) in [5, 5.41) is 9.24. The summed E-state index contributed by atoms with van der Waals surface area (Å²) in [5.74, 6) is 0.447. The molecule has 0 aromatic heterocycles. The first kappa shape index (κ1) is 11.9. The van der Waals surface area contributed by atoms with Crippen molar-refractivity contribution in [3.05, 3.63) is 0 Å². The summed E-state index contributed by atoms with van der Waals surface area (Å²) in [7, 11) is 0. The summed E-state index contributed by atoms with van der Waals surface area (Å²) < 4.78 is 0. The second kappa shape index (κ2) is 5.17. The van der Waals surface area contributed by atoms with Crippen molar-refractivity contribution in [1.29, 1.82) is 0 Å². The number of carbonyl (C=O) groups is 1. The maximum Gasteiger partial charge on any atom is 0.321 e. The molecule has 2 aliphatic rings. The van der Waals surface area contributed by atoms with Crippen LogP contribution in [0.25, 0.3) is 0 Å². The van der Waals surface area contributed by atoms with Crippen molar-refractivity contribution < 1.29 is 9.90 Å². The lowest BCUT2D eigenvalue weighted by molar-refractivity contribution is -0.143. The molecule has 0 spiro atoms. The third-order valence-corrected chi connectivity index (χ3v) is 4.27. The highest BCUT2D eigenvalue weighted by atomic mass is 16.4. The molecule has 2 atom stereocenters. The van der Waals surface area contributed by atoms with Crippen LogP contribution in [0, 0.1) is 11.8 Å². The van der Waals surface area contributed by atoms with Crippen LogP contribution < -0.4 is 0 Å². The molecular weight excluding hydrogens is 202 g/mol. The van der Waals surface area contributed by atoms with Crippen LogP contribution in [0.1, 0.15) is 45.4 Å². The van der Waals surface area contributed by atoms with Crippen LogP contribution in [0.2, 0.25) is 0 Å². The van der Waals surface area contributed by atoms with Crippen LogP contribution in [0.3, 0.4) is 0 Å². The second-order valence-corrected chi connectivity index (χ2v) is 5.55. The second-order valence-electron chi connectivity index (χ2n) is 5.55. The van der Waals surface area contributed by atoms with Gasteiger partial charge in [0.25, 0.3) is 0 Å². The summed E-state index contributed by atoms with van der Waals surface area (Å²) in [5.41, 5.74) is 0. The van der Waals surface area contributed by atoms with Crippen LogP contribution in [0.15, 0.2) is 0 Å². The summed E-state index contributed by atoms with van der Waals surface area (Å²) in [6, 6.07) is -0.220. The van der Waals surface area contributed by atoms with Gasteiger partial charge in [-0.15, -0.1) is 0 Å². The Balaban J connectivity index is 1.90. The predicted octanol–water partition coefficient (Wildman–Crippen LogP) is 2.36. The van der Waals surface area contributed by atoms with Crippen LogP contribution in [-0.4, -0.2) is 35.1 Å². The van der Waals surface area contributed by atoms with Gasteiger partial charge in [0.05, 0.1) is 0 Å². The van der Waals surface area contributed by atoms with Gasteiger partial charge in [-0.1, -0.05) is 26.2 Å². The Morgan fingerprint density at radius 2 is 1.94 bits per heavy atom. The highest BCUT2D eigenvalue weighted by molar-refractivity contribution is 5.74. The van der Waals surface area contributed by atoms with Gasteiger partial charge >= 0.3 is 5.97 Å². The maximum absolute atomic E-state index is 11.2. The lowest BCUT2D eigenvalue weighted by Crippen LogP contribution is -2.41. The first-order valence-corrected chi connectivity index (χ1v) is 6.65. The first-order chi connectivity index (χ1) is 7.68. The number of nitrogens with zero attached hydrogens (tertiary/aromatic N) is 1. The van der Waals surface area contributed by atoms with E-state index in [2.05, 4.69) is 11.8 Å². The SMILES string of the molecule is CC1CCN(CC2CCCCC2)C1C(=O)O. The van der Waals surface area contributed by atoms with Gasteiger partial charge in [-0.2, -0.15) is 0 Å². The van der Waals surface area contributed by atoms with E-state index in [0.717, 1.165) is 25.4 Å². The Morgan fingerprint density at radius 1 is 1.25 bits per heavy atom. The minimum absolute atomic E-state index is 0.220. The normalized spacial score (nSPS) is 33.1. The molecule has 0 radical (unpaired) electrons. The lowest BCUT2D eigenvalue weighted by Gasteiger charge is -2.30. The van der Waals surface area contributed by atoms with E-state index >= 15 is 0 Å². The van der Waals surface area contributed by atoms with Gasteiger partial charge in [-0.05, 0) is 37.6 Å². The summed E-state index contributed by atoms with van der Waals surface area (Å²) in [6.07, 6.45) is 7.70. The fourth-order valence-corrected chi connectivity index (χ4v) is 3.33. The van der Waals surface area contributed by atoms with E-state index < -0.39 is 5.97 Å². The molecule has 92 valence electrons. The molecule has 1 saturated heterocycles. The smallest absolute Gasteiger partial charge is 0.321 e. The number of aliphatic carboxylic acids is 1. The zero-order chi connectivity index (χ0) is 11.5. The Hall–Kier alpha value is -0.570. The average molecular weight is 225 g/mol. The van der Waals surface area contributed by atoms with Gasteiger partial charge < -0.3 is 5.11 Å². The van der Waals surface area contributed by atoms with Crippen molar-refractivity contribution in [2.24, 2.45) is 11.8 Å². The number of hydrogen-bond donors (Lipinski definition) is 1. The van der Waals surface area contributed by atoms with Gasteiger partial charge in [0, 0.05) is 6.54 Å². The third kappa shape index (κ3) is 2.57. The molecule has 0 aromatic rings. The highest BCUT2D eigenvalue weighted by Crippen LogP contribution is 2.29. The van der Waals surface area contributed by atoms with Gasteiger partial charge in [0.2, 0.25) is 0 Å². The molecule has 1 aliphatic heterocycles. The molecule has 1 N–H and O–H groups in total. The molecule has 1 saturated carbocycles. The standard InChI is InChI=1S/C13H23NO2/c1-10-7-8-14(12(10)13(15)16)9-11-5-3-2-4-6-11/h10-12H,2-9H2,1H3,(H,15,16). The Labute approximate surface area is 97.8 Å². The minimum Gasteiger partial charge on any atom is -0.480 e. The summed E-state index contributed by atoms with van der Waals surface area (Å²) in [4.78, 5) is 13.4. The third-order valence-electron chi connectivity index (χ3n) is 4.27. The first-order valence-electron chi connectivity index (χ1n) is 6.65. The number of likely N-dealkylation sites (tertiary alicyclic amines) is 1. The van der Waals surface area contributed by atoms with Crippen LogP contribution in [0.5, 0.6) is 0 Å². The molecule has 2 rings (SSSR count). The lowest BCUT2D eigenvalue weighted by atomic mass is 9.88. The Morgan fingerprint density at radius 3 is 2.56 bits per heavy atom. The van der Waals surface area contributed by atoms with Gasteiger partial charge in [0.15, 0.2) is 0 Å². The molecular formula is C13H23NO2.